The van der Waals surface area contributed by atoms with Crippen molar-refractivity contribution < 1.29 is 0 Å². The van der Waals surface area contributed by atoms with Crippen LogP contribution in [-0.4, -0.2) is 25.2 Å². The Kier molecular flexibility index (Phi) is 3.01. The summed E-state index contributed by atoms with van der Waals surface area (Å²) in [6.45, 7) is 4.50. The van der Waals surface area contributed by atoms with Crippen LogP contribution in [-0.2, 0) is 0 Å². The van der Waals surface area contributed by atoms with Crippen LogP contribution in [0.5, 0.6) is 0 Å². The summed E-state index contributed by atoms with van der Waals surface area (Å²) in [5.41, 5.74) is 1.30. The van der Waals surface area contributed by atoms with Gasteiger partial charge in [0.25, 0.3) is 0 Å². The van der Waals surface area contributed by atoms with Crippen molar-refractivity contribution in [2.45, 2.75) is 31.8 Å². The summed E-state index contributed by atoms with van der Waals surface area (Å²) in [6, 6.07) is 9.48. The summed E-state index contributed by atoms with van der Waals surface area (Å²) < 4.78 is 0. The fourth-order valence-corrected chi connectivity index (χ4v) is 2.82. The molecule has 0 radical (unpaired) electrons. The first-order valence-corrected chi connectivity index (χ1v) is 6.87. The van der Waals surface area contributed by atoms with Crippen molar-refractivity contribution in [1.29, 1.82) is 0 Å². The van der Waals surface area contributed by atoms with Crippen LogP contribution in [0.25, 0.3) is 0 Å². The Morgan fingerprint density at radius 3 is 2.59 bits per heavy atom. The third-order valence-corrected chi connectivity index (χ3v) is 4.20. The van der Waals surface area contributed by atoms with Gasteiger partial charge in [-0.3, -0.25) is 0 Å². The molecule has 17 heavy (non-hydrogen) atoms. The lowest BCUT2D eigenvalue weighted by molar-refractivity contribution is 0.376. The minimum atomic E-state index is 0.561. The molecule has 3 heteroatoms. The largest absolute Gasteiger partial charge is 0.366 e. The third-order valence-electron chi connectivity index (χ3n) is 3.95. The molecular weight excluding hydrogens is 232 g/mol. The molecule has 3 rings (SSSR count). The predicted molar refractivity (Wildman–Crippen MR) is 72.8 cm³/mol. The lowest BCUT2D eigenvalue weighted by Crippen LogP contribution is -2.56. The zero-order chi connectivity index (χ0) is 11.8. The predicted octanol–water partition coefficient (Wildman–Crippen LogP) is 2.92. The fraction of sp³-hybridized carbons (Fsp3) is 0.571. The van der Waals surface area contributed by atoms with Crippen LogP contribution in [0.2, 0.25) is 5.02 Å². The second-order valence-electron chi connectivity index (χ2n) is 5.33. The van der Waals surface area contributed by atoms with Gasteiger partial charge in [-0.05, 0) is 49.9 Å². The Hall–Kier alpha value is -0.730. The fourth-order valence-electron chi connectivity index (χ4n) is 2.70. The molecule has 0 aromatic heterocycles. The van der Waals surface area contributed by atoms with Crippen LogP contribution < -0.4 is 10.2 Å². The molecule has 2 fully saturated rings. The van der Waals surface area contributed by atoms with E-state index >= 15 is 0 Å². The van der Waals surface area contributed by atoms with Crippen molar-refractivity contribution in [3.05, 3.63) is 29.3 Å². The van der Waals surface area contributed by atoms with Gasteiger partial charge in [-0.1, -0.05) is 11.6 Å². The van der Waals surface area contributed by atoms with Crippen molar-refractivity contribution in [2.75, 3.05) is 18.0 Å². The van der Waals surface area contributed by atoms with Crippen molar-refractivity contribution in [3.8, 4) is 0 Å². The summed E-state index contributed by atoms with van der Waals surface area (Å²) in [7, 11) is 0. The van der Waals surface area contributed by atoms with Crippen LogP contribution in [0, 0.1) is 5.92 Å². The molecular formula is C14H19ClN2. The normalized spacial score (nSPS) is 29.4. The van der Waals surface area contributed by atoms with E-state index in [1.165, 1.54) is 18.5 Å². The molecule has 92 valence electrons. The SMILES string of the molecule is CC1CNC(C2CC2)CN1c1ccc(Cl)cc1. The van der Waals surface area contributed by atoms with Crippen LogP contribution in [0.1, 0.15) is 19.8 Å². The van der Waals surface area contributed by atoms with Gasteiger partial charge in [0.1, 0.15) is 0 Å². The van der Waals surface area contributed by atoms with Gasteiger partial charge >= 0.3 is 0 Å². The maximum Gasteiger partial charge on any atom is 0.0407 e. The molecule has 1 saturated carbocycles. The number of rotatable bonds is 2. The second-order valence-corrected chi connectivity index (χ2v) is 5.77. The van der Waals surface area contributed by atoms with E-state index in [-0.39, 0.29) is 0 Å². The van der Waals surface area contributed by atoms with E-state index in [1.807, 2.05) is 12.1 Å². The second kappa shape index (κ2) is 4.51. The molecule has 1 saturated heterocycles. The van der Waals surface area contributed by atoms with Gasteiger partial charge in [0.15, 0.2) is 0 Å². The van der Waals surface area contributed by atoms with Gasteiger partial charge < -0.3 is 10.2 Å². The minimum absolute atomic E-state index is 0.561. The lowest BCUT2D eigenvalue weighted by atomic mass is 10.1. The molecule has 2 atom stereocenters. The van der Waals surface area contributed by atoms with Crippen LogP contribution in [0.3, 0.4) is 0 Å². The van der Waals surface area contributed by atoms with Gasteiger partial charge in [-0.25, -0.2) is 0 Å². The molecule has 0 amide bonds. The zero-order valence-electron chi connectivity index (χ0n) is 10.2. The summed E-state index contributed by atoms with van der Waals surface area (Å²) in [5.74, 6) is 0.914. The molecule has 1 aliphatic heterocycles. The monoisotopic (exact) mass is 250 g/mol. The third kappa shape index (κ3) is 2.43. The summed E-state index contributed by atoms with van der Waals surface area (Å²) in [6.07, 6.45) is 2.81. The standard InChI is InChI=1S/C14H19ClN2/c1-10-8-16-14(11-2-3-11)9-17(10)13-6-4-12(15)5-7-13/h4-7,10-11,14,16H,2-3,8-9H2,1H3. The maximum absolute atomic E-state index is 5.95. The Morgan fingerprint density at radius 2 is 1.94 bits per heavy atom. The Bertz CT molecular complexity index is 386. The first kappa shape index (κ1) is 11.4. The van der Waals surface area contributed by atoms with E-state index in [1.54, 1.807) is 0 Å². The molecule has 1 aromatic carbocycles. The zero-order valence-corrected chi connectivity index (χ0v) is 11.0. The molecule has 1 heterocycles. The number of benzene rings is 1. The van der Waals surface area contributed by atoms with Crippen LogP contribution in [0.15, 0.2) is 24.3 Å². The lowest BCUT2D eigenvalue weighted by Gasteiger charge is -2.40. The van der Waals surface area contributed by atoms with Gasteiger partial charge in [0, 0.05) is 35.9 Å². The first-order chi connectivity index (χ1) is 8.24. The van der Waals surface area contributed by atoms with Gasteiger partial charge in [0.2, 0.25) is 0 Å². The van der Waals surface area contributed by atoms with E-state index < -0.39 is 0 Å². The van der Waals surface area contributed by atoms with Crippen LogP contribution in [0.4, 0.5) is 5.69 Å². The quantitative estimate of drug-likeness (QED) is 0.868. The first-order valence-electron chi connectivity index (χ1n) is 6.49. The molecule has 2 unspecified atom stereocenters. The van der Waals surface area contributed by atoms with Crippen LogP contribution >= 0.6 is 11.6 Å². The molecule has 0 spiro atoms. The van der Waals surface area contributed by atoms with Crippen molar-refractivity contribution in [3.63, 3.8) is 0 Å². The number of hydrogen-bond donors (Lipinski definition) is 1. The molecule has 1 N–H and O–H groups in total. The highest BCUT2D eigenvalue weighted by atomic mass is 35.5. The van der Waals surface area contributed by atoms with E-state index in [2.05, 4.69) is 29.3 Å². The number of hydrogen-bond acceptors (Lipinski definition) is 2. The maximum atomic E-state index is 5.95. The van der Waals surface area contributed by atoms with Crippen molar-refractivity contribution >= 4 is 17.3 Å². The summed E-state index contributed by atoms with van der Waals surface area (Å²) in [4.78, 5) is 2.51. The number of nitrogens with one attached hydrogen (secondary N) is 1. The highest BCUT2D eigenvalue weighted by Crippen LogP contribution is 2.35. The van der Waals surface area contributed by atoms with E-state index in [0.29, 0.717) is 12.1 Å². The Labute approximate surface area is 108 Å². The molecule has 2 aliphatic rings. The Balaban J connectivity index is 1.76. The topological polar surface area (TPSA) is 15.3 Å². The summed E-state index contributed by atoms with van der Waals surface area (Å²) >= 11 is 5.95. The van der Waals surface area contributed by atoms with Crippen molar-refractivity contribution in [2.24, 2.45) is 5.92 Å². The number of piperazine rings is 1. The van der Waals surface area contributed by atoms with Gasteiger partial charge in [-0.2, -0.15) is 0 Å². The minimum Gasteiger partial charge on any atom is -0.366 e. The average molecular weight is 251 g/mol. The van der Waals surface area contributed by atoms with E-state index in [9.17, 15) is 0 Å². The smallest absolute Gasteiger partial charge is 0.0407 e. The highest BCUT2D eigenvalue weighted by molar-refractivity contribution is 6.30. The molecule has 0 bridgehead atoms. The van der Waals surface area contributed by atoms with Crippen molar-refractivity contribution in [1.82, 2.24) is 5.32 Å². The molecule has 2 nitrogen and oxygen atoms in total. The summed E-state index contributed by atoms with van der Waals surface area (Å²) in [5, 5.41) is 4.49. The van der Waals surface area contributed by atoms with E-state index in [0.717, 1.165) is 24.0 Å². The van der Waals surface area contributed by atoms with Gasteiger partial charge in [-0.15, -0.1) is 0 Å². The molecule has 1 aromatic rings. The van der Waals surface area contributed by atoms with E-state index in [4.69, 9.17) is 11.6 Å². The number of halogens is 1. The van der Waals surface area contributed by atoms with Gasteiger partial charge in [0.05, 0.1) is 0 Å². The Morgan fingerprint density at radius 1 is 1.24 bits per heavy atom. The highest BCUT2D eigenvalue weighted by Gasteiger charge is 2.35. The number of nitrogens with zero attached hydrogens (tertiary/aromatic N) is 1. The number of anilines is 1. The molecule has 1 aliphatic carbocycles. The average Bonchev–Trinajstić information content (AvgIpc) is 3.15.